The molecule has 0 rings (SSSR count). The van der Waals surface area contributed by atoms with Crippen LogP contribution in [0.1, 0.15) is 19.3 Å². The zero-order chi connectivity index (χ0) is 19.8. The molecule has 0 aliphatic rings. The van der Waals surface area contributed by atoms with Gasteiger partial charge in [-0.15, -0.1) is 0 Å². The fraction of sp³-hybridized carbons (Fsp3) is 0.692. The van der Waals surface area contributed by atoms with Crippen molar-refractivity contribution in [2.75, 3.05) is 25.6 Å². The molecule has 2 unspecified atom stereocenters. The molecule has 0 saturated heterocycles. The number of carbonyl (C=O) groups excluding carboxylic acids is 2. The Labute approximate surface area is 166 Å². The summed E-state index contributed by atoms with van der Waals surface area (Å²) in [6.07, 6.45) is 2.50. The monoisotopic (exact) mass is 432 g/mol. The largest absolute Gasteiger partial charge is 0.480 e. The molecule has 0 aromatic carbocycles. The average Bonchev–Trinajstić information content (AvgIpc) is 2.58. The normalized spacial score (nSPS) is 12.2. The summed E-state index contributed by atoms with van der Waals surface area (Å²) in [6, 6.07) is 0. The van der Waals surface area contributed by atoms with Crippen LogP contribution in [-0.2, 0) is 9.59 Å². The first-order valence-corrected chi connectivity index (χ1v) is 10.2. The zero-order valence-corrected chi connectivity index (χ0v) is 17.4. The van der Waals surface area contributed by atoms with Crippen LogP contribution in [0, 0.1) is 0 Å². The first-order valence-electron chi connectivity index (χ1n) is 7.16. The van der Waals surface area contributed by atoms with Crippen molar-refractivity contribution >= 4 is 71.2 Å². The Morgan fingerprint density at radius 3 is 1.96 bits per heavy atom. The summed E-state index contributed by atoms with van der Waals surface area (Å²) < 4.78 is 0. The lowest BCUT2D eigenvalue weighted by atomic mass is 10.2. The van der Waals surface area contributed by atoms with Crippen molar-refractivity contribution in [1.29, 1.82) is 0 Å². The second kappa shape index (κ2) is 16.7. The summed E-state index contributed by atoms with van der Waals surface area (Å²) in [4.78, 5) is 42.7. The average molecular weight is 433 g/mol. The van der Waals surface area contributed by atoms with Crippen molar-refractivity contribution in [1.82, 2.24) is 10.6 Å². The minimum Gasteiger partial charge on any atom is -0.480 e. The van der Waals surface area contributed by atoms with Crippen molar-refractivity contribution < 1.29 is 29.4 Å². The SMILES string of the molecule is CNC(=O)SCC(SC(=O)NC)C(=O)O.O=C(O)C(S)CCCCS. The molecule has 0 saturated carbocycles. The number of thioether (sulfide) groups is 2. The van der Waals surface area contributed by atoms with E-state index in [1.165, 1.54) is 14.1 Å². The molecule has 25 heavy (non-hydrogen) atoms. The van der Waals surface area contributed by atoms with Gasteiger partial charge in [0.05, 0.1) is 5.25 Å². The molecule has 0 aromatic heterocycles. The van der Waals surface area contributed by atoms with E-state index in [1.54, 1.807) is 0 Å². The second-order valence-electron chi connectivity index (χ2n) is 4.40. The van der Waals surface area contributed by atoms with Crippen molar-refractivity contribution in [3.63, 3.8) is 0 Å². The predicted octanol–water partition coefficient (Wildman–Crippen LogP) is 2.05. The Morgan fingerprint density at radius 2 is 1.56 bits per heavy atom. The maximum Gasteiger partial charge on any atom is 0.318 e. The number of thiol groups is 2. The van der Waals surface area contributed by atoms with Gasteiger partial charge in [-0.1, -0.05) is 18.2 Å². The predicted molar refractivity (Wildman–Crippen MR) is 108 cm³/mol. The summed E-state index contributed by atoms with van der Waals surface area (Å²) >= 11 is 9.36. The molecule has 4 N–H and O–H groups in total. The molecule has 0 spiro atoms. The van der Waals surface area contributed by atoms with Crippen LogP contribution in [0.2, 0.25) is 0 Å². The molecule has 0 heterocycles. The smallest absolute Gasteiger partial charge is 0.318 e. The van der Waals surface area contributed by atoms with Crippen LogP contribution >= 0.6 is 48.8 Å². The van der Waals surface area contributed by atoms with Gasteiger partial charge in [0.25, 0.3) is 10.5 Å². The molecule has 2 amide bonds. The molecular formula is C13H24N2O6S4. The molecule has 0 radical (unpaired) electrons. The van der Waals surface area contributed by atoms with E-state index >= 15 is 0 Å². The van der Waals surface area contributed by atoms with Crippen LogP contribution in [0.4, 0.5) is 9.59 Å². The number of carboxylic acid groups (broad SMARTS) is 2. The molecule has 0 aliphatic carbocycles. The molecular weight excluding hydrogens is 408 g/mol. The summed E-state index contributed by atoms with van der Waals surface area (Å²) in [7, 11) is 2.87. The minimum atomic E-state index is -1.11. The lowest BCUT2D eigenvalue weighted by molar-refractivity contribution is -0.137. The van der Waals surface area contributed by atoms with E-state index in [4.69, 9.17) is 10.2 Å². The van der Waals surface area contributed by atoms with Crippen molar-refractivity contribution in [3.05, 3.63) is 0 Å². The molecule has 0 aliphatic heterocycles. The Bertz CT molecular complexity index is 439. The van der Waals surface area contributed by atoms with E-state index in [-0.39, 0.29) is 11.0 Å². The summed E-state index contributed by atoms with van der Waals surface area (Å²) in [5, 5.41) is 19.6. The molecule has 12 heteroatoms. The van der Waals surface area contributed by atoms with Gasteiger partial charge in [0.1, 0.15) is 5.25 Å². The highest BCUT2D eigenvalue weighted by atomic mass is 32.2. The molecule has 0 aromatic rings. The van der Waals surface area contributed by atoms with Crippen LogP contribution in [0.25, 0.3) is 0 Å². The van der Waals surface area contributed by atoms with Crippen molar-refractivity contribution in [2.45, 2.75) is 29.8 Å². The Kier molecular flexibility index (Phi) is 17.7. The van der Waals surface area contributed by atoms with Gasteiger partial charge in [0.2, 0.25) is 0 Å². The third-order valence-corrected chi connectivity index (χ3v) is 5.51. The second-order valence-corrected chi connectivity index (χ2v) is 7.64. The van der Waals surface area contributed by atoms with E-state index in [9.17, 15) is 19.2 Å². The lowest BCUT2D eigenvalue weighted by Crippen LogP contribution is -2.26. The molecule has 146 valence electrons. The van der Waals surface area contributed by atoms with Gasteiger partial charge in [-0.05, 0) is 30.4 Å². The minimum absolute atomic E-state index is 0.0487. The lowest BCUT2D eigenvalue weighted by Gasteiger charge is -2.09. The van der Waals surface area contributed by atoms with Crippen LogP contribution in [0.15, 0.2) is 0 Å². The number of hydrogen-bond acceptors (Lipinski definition) is 8. The van der Waals surface area contributed by atoms with Gasteiger partial charge in [-0.3, -0.25) is 19.2 Å². The van der Waals surface area contributed by atoms with E-state index in [0.717, 1.165) is 30.4 Å². The summed E-state index contributed by atoms with van der Waals surface area (Å²) in [5.74, 6) is -1.07. The Balaban J connectivity index is 0. The van der Waals surface area contributed by atoms with Crippen molar-refractivity contribution in [3.8, 4) is 0 Å². The number of carbonyl (C=O) groups is 4. The van der Waals surface area contributed by atoms with Gasteiger partial charge >= 0.3 is 11.9 Å². The van der Waals surface area contributed by atoms with Gasteiger partial charge in [0.15, 0.2) is 0 Å². The van der Waals surface area contributed by atoms with Crippen LogP contribution in [-0.4, -0.2) is 68.7 Å². The van der Waals surface area contributed by atoms with Gasteiger partial charge in [-0.25, -0.2) is 0 Å². The van der Waals surface area contributed by atoms with Crippen LogP contribution in [0.3, 0.4) is 0 Å². The molecule has 8 nitrogen and oxygen atoms in total. The number of rotatable bonds is 9. The van der Waals surface area contributed by atoms with Crippen molar-refractivity contribution in [2.24, 2.45) is 0 Å². The van der Waals surface area contributed by atoms with E-state index in [0.29, 0.717) is 18.2 Å². The molecule has 0 bridgehead atoms. The number of carboxylic acids is 2. The number of unbranched alkanes of at least 4 members (excludes halogenated alkanes) is 1. The van der Waals surface area contributed by atoms with Gasteiger partial charge < -0.3 is 20.8 Å². The summed E-state index contributed by atoms with van der Waals surface area (Å²) in [6.45, 7) is 0. The molecule has 0 fully saturated rings. The van der Waals surface area contributed by atoms with E-state index < -0.39 is 27.7 Å². The quantitative estimate of drug-likeness (QED) is 0.241. The van der Waals surface area contributed by atoms with Crippen LogP contribution in [0.5, 0.6) is 0 Å². The number of amides is 2. The van der Waals surface area contributed by atoms with Gasteiger partial charge in [-0.2, -0.15) is 25.3 Å². The number of nitrogens with one attached hydrogen (secondary N) is 2. The summed E-state index contributed by atoms with van der Waals surface area (Å²) in [5.41, 5.74) is 0. The van der Waals surface area contributed by atoms with Gasteiger partial charge in [0, 0.05) is 19.8 Å². The van der Waals surface area contributed by atoms with E-state index in [2.05, 4.69) is 35.9 Å². The fourth-order valence-electron chi connectivity index (χ4n) is 1.14. The topological polar surface area (TPSA) is 133 Å². The highest BCUT2D eigenvalue weighted by molar-refractivity contribution is 8.17. The third kappa shape index (κ3) is 16.5. The fourth-order valence-corrected chi connectivity index (χ4v) is 3.09. The maximum absolute atomic E-state index is 10.9. The highest BCUT2D eigenvalue weighted by Crippen LogP contribution is 2.17. The Morgan fingerprint density at radius 1 is 1.00 bits per heavy atom. The number of aliphatic carboxylic acids is 2. The first kappa shape index (κ1) is 26.5. The molecule has 2 atom stereocenters. The van der Waals surface area contributed by atoms with Crippen LogP contribution < -0.4 is 10.6 Å². The highest BCUT2D eigenvalue weighted by Gasteiger charge is 2.22. The van der Waals surface area contributed by atoms with E-state index in [1.807, 2.05) is 0 Å². The third-order valence-electron chi connectivity index (χ3n) is 2.47. The Hall–Kier alpha value is -0.720. The first-order chi connectivity index (χ1) is 11.7. The number of hydrogen-bond donors (Lipinski definition) is 6. The maximum atomic E-state index is 10.9. The standard InChI is InChI=1S/C7H12N2O4S2.C6H12O2S2/c1-8-6(12)14-3-4(5(10)11)15-7(13)9-2;7-6(8)5(10)3-1-2-4-9/h4H,3H2,1-2H3,(H,8,12)(H,9,13)(H,10,11);5,9-10H,1-4H2,(H,7,8). The zero-order valence-electron chi connectivity index (χ0n) is 13.9.